The van der Waals surface area contributed by atoms with Crippen LogP contribution in [0.4, 0.5) is 10.8 Å². The van der Waals surface area contributed by atoms with Gasteiger partial charge in [0.25, 0.3) is 5.69 Å². The van der Waals surface area contributed by atoms with Crippen molar-refractivity contribution >= 4 is 39.5 Å². The Hall–Kier alpha value is -2.25. The summed E-state index contributed by atoms with van der Waals surface area (Å²) in [5.41, 5.74) is 0.483. The molecule has 1 N–H and O–H groups in total. The normalized spacial score (nSPS) is 10.3. The molecule has 0 fully saturated rings. The molecule has 0 bridgehead atoms. The molecule has 0 aliphatic rings. The quantitative estimate of drug-likeness (QED) is 0.374. The second-order valence-electron chi connectivity index (χ2n) is 4.36. The summed E-state index contributed by atoms with van der Waals surface area (Å²) in [6.45, 7) is 5.84. The molecule has 6 nitrogen and oxygen atoms in total. The smallest absolute Gasteiger partial charge is 0.288 e. The second-order valence-corrected chi connectivity index (χ2v) is 5.76. The van der Waals surface area contributed by atoms with Gasteiger partial charge in [-0.3, -0.25) is 14.9 Å². The zero-order chi connectivity index (χ0) is 16.3. The first kappa shape index (κ1) is 16.1. The molecule has 0 aliphatic heterocycles. The summed E-state index contributed by atoms with van der Waals surface area (Å²) in [4.78, 5) is 27.5. The van der Waals surface area contributed by atoms with E-state index in [4.69, 9.17) is 11.6 Å². The van der Waals surface area contributed by atoms with Gasteiger partial charge in [0, 0.05) is 18.2 Å². The first-order chi connectivity index (χ1) is 10.4. The van der Waals surface area contributed by atoms with Crippen LogP contribution in [0.25, 0.3) is 0 Å². The number of aryl methyl sites for hydroxylation is 1. The second kappa shape index (κ2) is 6.67. The predicted octanol–water partition coefficient (Wildman–Crippen LogP) is 3.84. The number of carbonyl (C=O) groups is 1. The van der Waals surface area contributed by atoms with E-state index in [9.17, 15) is 14.9 Å². The van der Waals surface area contributed by atoms with Crippen LogP contribution in [0, 0.1) is 17.0 Å². The van der Waals surface area contributed by atoms with Crippen LogP contribution in [0.15, 0.2) is 30.9 Å². The molecule has 2 rings (SSSR count). The molecule has 114 valence electrons. The first-order valence-electron chi connectivity index (χ1n) is 6.25. The number of rotatable bonds is 6. The number of hydrogen-bond acceptors (Lipinski definition) is 6. The van der Waals surface area contributed by atoms with E-state index in [-0.39, 0.29) is 22.1 Å². The van der Waals surface area contributed by atoms with Gasteiger partial charge in [-0.2, -0.15) is 0 Å². The number of aromatic nitrogens is 1. The van der Waals surface area contributed by atoms with Crippen molar-refractivity contribution in [3.05, 3.63) is 62.1 Å². The number of halogens is 1. The molecule has 0 spiro atoms. The van der Waals surface area contributed by atoms with Gasteiger partial charge in [0.2, 0.25) is 5.78 Å². The number of nitro benzene ring substituents is 1. The molecule has 0 atom stereocenters. The van der Waals surface area contributed by atoms with Crippen molar-refractivity contribution in [1.82, 2.24) is 4.98 Å². The third-order valence-corrected chi connectivity index (χ3v) is 4.24. The van der Waals surface area contributed by atoms with E-state index in [1.165, 1.54) is 29.5 Å². The number of hydrogen-bond donors (Lipinski definition) is 1. The third-order valence-electron chi connectivity index (χ3n) is 2.81. The Kier molecular flexibility index (Phi) is 4.89. The predicted molar refractivity (Wildman–Crippen MR) is 87.1 cm³/mol. The van der Waals surface area contributed by atoms with Crippen LogP contribution in [-0.2, 0) is 0 Å². The van der Waals surface area contributed by atoms with Gasteiger partial charge >= 0.3 is 0 Å². The van der Waals surface area contributed by atoms with Crippen molar-refractivity contribution in [3.63, 3.8) is 0 Å². The van der Waals surface area contributed by atoms with E-state index in [2.05, 4.69) is 16.9 Å². The van der Waals surface area contributed by atoms with Gasteiger partial charge < -0.3 is 5.32 Å². The molecule has 2 aromatic rings. The van der Waals surface area contributed by atoms with Crippen LogP contribution in [0.5, 0.6) is 0 Å². The number of thiazole rings is 1. The molecule has 0 aliphatic carbocycles. The van der Waals surface area contributed by atoms with E-state index < -0.39 is 4.92 Å². The molecule has 1 aromatic heterocycles. The Labute approximate surface area is 135 Å². The maximum atomic E-state index is 12.5. The Balaban J connectivity index is 2.36. The lowest BCUT2D eigenvalue weighted by molar-refractivity contribution is -0.384. The minimum Gasteiger partial charge on any atom is -0.358 e. The van der Waals surface area contributed by atoms with Gasteiger partial charge in [0.05, 0.1) is 15.5 Å². The highest BCUT2D eigenvalue weighted by molar-refractivity contribution is 7.17. The number of nitrogens with one attached hydrogen (secondary N) is 1. The fourth-order valence-electron chi connectivity index (χ4n) is 1.77. The summed E-state index contributed by atoms with van der Waals surface area (Å²) in [5, 5.41) is 14.5. The van der Waals surface area contributed by atoms with Crippen LogP contribution in [0.1, 0.15) is 20.9 Å². The molecule has 1 heterocycles. The van der Waals surface area contributed by atoms with Gasteiger partial charge in [-0.25, -0.2) is 4.98 Å². The lowest BCUT2D eigenvalue weighted by atomic mass is 10.1. The minimum atomic E-state index is -0.615. The summed E-state index contributed by atoms with van der Waals surface area (Å²) in [7, 11) is 0. The number of nitrogens with zero attached hydrogens (tertiary/aromatic N) is 2. The first-order valence-corrected chi connectivity index (χ1v) is 7.44. The highest BCUT2D eigenvalue weighted by Crippen LogP contribution is 2.29. The molecule has 0 unspecified atom stereocenters. The van der Waals surface area contributed by atoms with E-state index in [1.807, 2.05) is 0 Å². The van der Waals surface area contributed by atoms with Crippen molar-refractivity contribution in [1.29, 1.82) is 0 Å². The maximum Gasteiger partial charge on any atom is 0.288 e. The number of ketones is 1. The average molecular weight is 338 g/mol. The van der Waals surface area contributed by atoms with E-state index in [0.29, 0.717) is 22.2 Å². The minimum absolute atomic E-state index is 0.00378. The Morgan fingerprint density at radius 2 is 2.32 bits per heavy atom. The lowest BCUT2D eigenvalue weighted by Crippen LogP contribution is -2.02. The third kappa shape index (κ3) is 3.32. The molecular formula is C14H12ClN3O3S. The molecule has 0 saturated heterocycles. The van der Waals surface area contributed by atoms with Gasteiger partial charge in [0.1, 0.15) is 5.02 Å². The highest BCUT2D eigenvalue weighted by Gasteiger charge is 2.21. The summed E-state index contributed by atoms with van der Waals surface area (Å²) in [6, 6.07) is 3.99. The van der Waals surface area contributed by atoms with E-state index in [1.54, 1.807) is 13.0 Å². The molecule has 0 saturated carbocycles. The van der Waals surface area contributed by atoms with Crippen LogP contribution in [0.3, 0.4) is 0 Å². The molecule has 8 heteroatoms. The molecular weight excluding hydrogens is 326 g/mol. The monoisotopic (exact) mass is 337 g/mol. The van der Waals surface area contributed by atoms with Crippen molar-refractivity contribution < 1.29 is 9.72 Å². The number of nitro groups is 1. The van der Waals surface area contributed by atoms with Crippen LogP contribution in [-0.4, -0.2) is 22.2 Å². The Bertz CT molecular complexity index is 758. The van der Waals surface area contributed by atoms with Crippen molar-refractivity contribution in [2.24, 2.45) is 0 Å². The number of carbonyl (C=O) groups excluding carboxylic acids is 1. The van der Waals surface area contributed by atoms with Crippen LogP contribution < -0.4 is 5.32 Å². The van der Waals surface area contributed by atoms with Gasteiger partial charge in [-0.1, -0.05) is 29.0 Å². The molecule has 22 heavy (non-hydrogen) atoms. The van der Waals surface area contributed by atoms with Crippen molar-refractivity contribution in [3.8, 4) is 0 Å². The largest absolute Gasteiger partial charge is 0.358 e. The maximum absolute atomic E-state index is 12.5. The topological polar surface area (TPSA) is 85.1 Å². The zero-order valence-corrected chi connectivity index (χ0v) is 13.2. The molecule has 1 aromatic carbocycles. The fourth-order valence-corrected chi connectivity index (χ4v) is 2.89. The van der Waals surface area contributed by atoms with Gasteiger partial charge in [0.15, 0.2) is 5.13 Å². The SMILES string of the molecule is C=CCNc1nc(C)c(C(=O)c2ccc(Cl)c([N+](=O)[O-])c2)s1. The van der Waals surface area contributed by atoms with Crippen molar-refractivity contribution in [2.75, 3.05) is 11.9 Å². The lowest BCUT2D eigenvalue weighted by Gasteiger charge is -2.01. The zero-order valence-electron chi connectivity index (χ0n) is 11.6. The van der Waals surface area contributed by atoms with Gasteiger partial charge in [-0.05, 0) is 19.1 Å². The highest BCUT2D eigenvalue weighted by atomic mass is 35.5. The average Bonchev–Trinajstić information content (AvgIpc) is 2.85. The molecule has 0 radical (unpaired) electrons. The van der Waals surface area contributed by atoms with Crippen LogP contribution >= 0.6 is 22.9 Å². The summed E-state index contributed by atoms with van der Waals surface area (Å²) in [6.07, 6.45) is 1.68. The van der Waals surface area contributed by atoms with Crippen molar-refractivity contribution in [2.45, 2.75) is 6.92 Å². The van der Waals surface area contributed by atoms with E-state index in [0.717, 1.165) is 0 Å². The Morgan fingerprint density at radius 3 is 2.95 bits per heavy atom. The Morgan fingerprint density at radius 1 is 1.59 bits per heavy atom. The summed E-state index contributed by atoms with van der Waals surface area (Å²) in [5.74, 6) is -0.318. The fraction of sp³-hybridized carbons (Fsp3) is 0.143. The summed E-state index contributed by atoms with van der Waals surface area (Å²) < 4.78 is 0. The van der Waals surface area contributed by atoms with E-state index >= 15 is 0 Å². The van der Waals surface area contributed by atoms with Gasteiger partial charge in [-0.15, -0.1) is 6.58 Å². The summed E-state index contributed by atoms with van der Waals surface area (Å²) >= 11 is 6.95. The number of anilines is 1. The number of benzene rings is 1. The standard InChI is InChI=1S/C14H12ClN3O3S/c1-3-6-16-14-17-8(2)13(22-14)12(19)9-4-5-10(15)11(7-9)18(20)21/h3-5,7H,1,6H2,2H3,(H,16,17). The molecule has 0 amide bonds. The van der Waals surface area contributed by atoms with Crippen LogP contribution in [0.2, 0.25) is 5.02 Å².